The fraction of sp³-hybridized carbons (Fsp3) is 0. The van der Waals surface area contributed by atoms with Crippen LogP contribution in [0.5, 0.6) is 0 Å². The Kier molecular flexibility index (Phi) is 5.12. The summed E-state index contributed by atoms with van der Waals surface area (Å²) in [5.41, 5.74) is 4.44. The number of thiophene rings is 2. The molecule has 0 saturated heterocycles. The molecule has 0 saturated carbocycles. The fourth-order valence-corrected chi connectivity index (χ4v) is 7.14. The van der Waals surface area contributed by atoms with Gasteiger partial charge in [0.05, 0.1) is 0 Å². The molecule has 0 amide bonds. The molecule has 4 aromatic carbocycles. The third-order valence-electron chi connectivity index (χ3n) is 6.05. The number of rotatable bonds is 2. The van der Waals surface area contributed by atoms with Crippen molar-refractivity contribution >= 4 is 63.0 Å². The van der Waals surface area contributed by atoms with E-state index in [-0.39, 0.29) is 20.1 Å². The first-order valence-electron chi connectivity index (χ1n) is 10.6. The normalized spacial score (nSPS) is 11.4. The summed E-state index contributed by atoms with van der Waals surface area (Å²) in [4.78, 5) is 4.63. The maximum absolute atomic E-state index is 4.63. The van der Waals surface area contributed by atoms with Crippen LogP contribution in [-0.2, 0) is 20.1 Å². The van der Waals surface area contributed by atoms with E-state index in [4.69, 9.17) is 0 Å². The van der Waals surface area contributed by atoms with Gasteiger partial charge in [-0.15, -0.1) is 58.6 Å². The minimum Gasteiger partial charge on any atom is -0.305 e. The SMILES string of the molecule is [Ir].[c-]1ccccc1-c1cc(-c2cc3c4ccccc4sc3c3c2sc2ccccc23)ccn1. The van der Waals surface area contributed by atoms with Crippen molar-refractivity contribution in [2.24, 2.45) is 0 Å². The zero-order valence-electron chi connectivity index (χ0n) is 17.3. The predicted octanol–water partition coefficient (Wildman–Crippen LogP) is 8.95. The van der Waals surface area contributed by atoms with Gasteiger partial charge in [-0.05, 0) is 41.1 Å². The van der Waals surface area contributed by atoms with E-state index < -0.39 is 0 Å². The van der Waals surface area contributed by atoms with Crippen LogP contribution in [0, 0.1) is 6.07 Å². The largest absolute Gasteiger partial charge is 0.305 e. The molecule has 33 heavy (non-hydrogen) atoms. The van der Waals surface area contributed by atoms with E-state index >= 15 is 0 Å². The number of hydrogen-bond acceptors (Lipinski definition) is 3. The predicted molar refractivity (Wildman–Crippen MR) is 140 cm³/mol. The number of aromatic nitrogens is 1. The maximum Gasteiger partial charge on any atom is 0.0449 e. The van der Waals surface area contributed by atoms with Crippen molar-refractivity contribution in [2.45, 2.75) is 0 Å². The van der Waals surface area contributed by atoms with Crippen molar-refractivity contribution in [1.29, 1.82) is 0 Å². The van der Waals surface area contributed by atoms with E-state index in [1.165, 1.54) is 51.5 Å². The molecule has 0 aliphatic heterocycles. The Hall–Kier alpha value is -2.88. The number of fused-ring (bicyclic) bond motifs is 7. The molecule has 1 nitrogen and oxygen atoms in total. The minimum absolute atomic E-state index is 0. The van der Waals surface area contributed by atoms with Gasteiger partial charge >= 0.3 is 0 Å². The molecule has 0 aliphatic rings. The van der Waals surface area contributed by atoms with Gasteiger partial charge in [0.2, 0.25) is 0 Å². The van der Waals surface area contributed by atoms with Crippen LogP contribution in [-0.4, -0.2) is 4.98 Å². The summed E-state index contributed by atoms with van der Waals surface area (Å²) in [5.74, 6) is 0. The summed E-state index contributed by atoms with van der Waals surface area (Å²) in [6, 6.07) is 35.6. The number of pyridine rings is 1. The Morgan fingerprint density at radius 3 is 2.21 bits per heavy atom. The molecule has 0 N–H and O–H groups in total. The average Bonchev–Trinajstić information content (AvgIpc) is 3.42. The van der Waals surface area contributed by atoms with Crippen LogP contribution in [0.25, 0.3) is 62.7 Å². The third kappa shape index (κ3) is 3.25. The van der Waals surface area contributed by atoms with Crippen molar-refractivity contribution in [1.82, 2.24) is 4.98 Å². The van der Waals surface area contributed by atoms with Crippen molar-refractivity contribution in [3.8, 4) is 22.4 Å². The molecule has 4 heteroatoms. The molecular formula is C29H16IrNS2-. The molecule has 0 fully saturated rings. The second-order valence-corrected chi connectivity index (χ2v) is 10.0. The second-order valence-electron chi connectivity index (χ2n) is 7.91. The molecule has 0 aliphatic carbocycles. The summed E-state index contributed by atoms with van der Waals surface area (Å²) in [5, 5.41) is 5.39. The zero-order valence-corrected chi connectivity index (χ0v) is 21.4. The molecule has 159 valence electrons. The van der Waals surface area contributed by atoms with E-state index in [0.717, 1.165) is 11.3 Å². The molecule has 0 spiro atoms. The monoisotopic (exact) mass is 635 g/mol. The van der Waals surface area contributed by atoms with Crippen LogP contribution in [0.3, 0.4) is 0 Å². The Morgan fingerprint density at radius 2 is 1.39 bits per heavy atom. The zero-order chi connectivity index (χ0) is 21.1. The van der Waals surface area contributed by atoms with Crippen LogP contribution in [0.4, 0.5) is 0 Å². The molecule has 7 aromatic rings. The van der Waals surface area contributed by atoms with E-state index in [1.807, 2.05) is 47.1 Å². The number of nitrogens with zero attached hydrogens (tertiary/aromatic N) is 1. The molecule has 7 rings (SSSR count). The molecule has 1 radical (unpaired) electrons. The van der Waals surface area contributed by atoms with Crippen molar-refractivity contribution < 1.29 is 20.1 Å². The summed E-state index contributed by atoms with van der Waals surface area (Å²) in [6.07, 6.45) is 1.92. The Labute approximate surface area is 212 Å². The van der Waals surface area contributed by atoms with E-state index in [1.54, 1.807) is 0 Å². The molecule has 0 unspecified atom stereocenters. The van der Waals surface area contributed by atoms with Crippen molar-refractivity contribution in [3.63, 3.8) is 0 Å². The van der Waals surface area contributed by atoms with Gasteiger partial charge in [-0.25, -0.2) is 0 Å². The van der Waals surface area contributed by atoms with Crippen molar-refractivity contribution in [3.05, 3.63) is 103 Å². The van der Waals surface area contributed by atoms with Gasteiger partial charge in [0.15, 0.2) is 0 Å². The first kappa shape index (κ1) is 20.7. The topological polar surface area (TPSA) is 12.9 Å². The van der Waals surface area contributed by atoms with Gasteiger partial charge in [0, 0.05) is 66.6 Å². The van der Waals surface area contributed by atoms with Crippen LogP contribution < -0.4 is 0 Å². The second kappa shape index (κ2) is 8.16. The van der Waals surface area contributed by atoms with Crippen LogP contribution in [0.1, 0.15) is 0 Å². The van der Waals surface area contributed by atoms with E-state index in [9.17, 15) is 0 Å². The standard InChI is InChI=1S/C29H16NS2.Ir/c1-2-8-18(9-3-1)24-16-19(14-15-30-24)22-17-23-20-10-4-6-12-25(20)31-29(23)27-21-11-5-7-13-26(21)32-28(22)27;/h1-8,10-17H;/q-1;. The summed E-state index contributed by atoms with van der Waals surface area (Å²) in [7, 11) is 0. The third-order valence-corrected chi connectivity index (χ3v) is 8.45. The summed E-state index contributed by atoms with van der Waals surface area (Å²) >= 11 is 3.79. The smallest absolute Gasteiger partial charge is 0.0449 e. The quantitative estimate of drug-likeness (QED) is 0.173. The fourth-order valence-electron chi connectivity index (χ4n) is 4.58. The molecule has 3 aromatic heterocycles. The Balaban J connectivity index is 0.00000206. The van der Waals surface area contributed by atoms with Gasteiger partial charge in [0.25, 0.3) is 0 Å². The number of benzene rings is 4. The van der Waals surface area contributed by atoms with Crippen molar-refractivity contribution in [2.75, 3.05) is 0 Å². The van der Waals surface area contributed by atoms with E-state index in [0.29, 0.717) is 0 Å². The summed E-state index contributed by atoms with van der Waals surface area (Å²) < 4.78 is 5.40. The first-order chi connectivity index (χ1) is 15.9. The number of hydrogen-bond donors (Lipinski definition) is 0. The Morgan fingerprint density at radius 1 is 0.667 bits per heavy atom. The van der Waals surface area contributed by atoms with Gasteiger partial charge < -0.3 is 4.98 Å². The minimum atomic E-state index is 0. The molecular weight excluding hydrogens is 619 g/mol. The van der Waals surface area contributed by atoms with Gasteiger partial charge in [0.1, 0.15) is 0 Å². The molecule has 3 heterocycles. The maximum atomic E-state index is 4.63. The van der Waals surface area contributed by atoms with Gasteiger partial charge in [-0.1, -0.05) is 42.5 Å². The van der Waals surface area contributed by atoms with Gasteiger partial charge in [-0.3, -0.25) is 0 Å². The summed E-state index contributed by atoms with van der Waals surface area (Å²) in [6.45, 7) is 0. The first-order valence-corrected chi connectivity index (χ1v) is 12.2. The van der Waals surface area contributed by atoms with E-state index in [2.05, 4.69) is 83.8 Å². The Bertz CT molecular complexity index is 1780. The molecule has 0 bridgehead atoms. The van der Waals surface area contributed by atoms with Crippen LogP contribution in [0.15, 0.2) is 97.2 Å². The molecule has 0 atom stereocenters. The van der Waals surface area contributed by atoms with Gasteiger partial charge in [-0.2, -0.15) is 0 Å². The average molecular weight is 635 g/mol. The van der Waals surface area contributed by atoms with Crippen LogP contribution >= 0.6 is 22.7 Å². The van der Waals surface area contributed by atoms with Crippen LogP contribution in [0.2, 0.25) is 0 Å².